The highest BCUT2D eigenvalue weighted by molar-refractivity contribution is 7.21. The predicted molar refractivity (Wildman–Crippen MR) is 580 cm³/mol. The summed E-state index contributed by atoms with van der Waals surface area (Å²) in [5, 5.41) is 78.0. The minimum atomic E-state index is -3.11. The van der Waals surface area contributed by atoms with Crippen LogP contribution in [0.5, 0.6) is 0 Å². The van der Waals surface area contributed by atoms with Crippen molar-refractivity contribution in [1.82, 2.24) is 61.2 Å². The maximum absolute atomic E-state index is 6.72. The maximum atomic E-state index is 6.72. The van der Waals surface area contributed by atoms with Gasteiger partial charge in [-0.15, -0.1) is 61.2 Å². The third-order valence-electron chi connectivity index (χ3n) is 28.0. The van der Waals surface area contributed by atoms with Crippen LogP contribution in [0, 0.1) is 0 Å². The molecular weight excluding hydrogens is 1840 g/mol. The summed E-state index contributed by atoms with van der Waals surface area (Å²) in [5.74, 6) is 4.83. The first-order valence-corrected chi connectivity index (χ1v) is 53.8. The van der Waals surface area contributed by atoms with E-state index in [1.165, 1.54) is 51.9 Å². The van der Waals surface area contributed by atoms with Crippen LogP contribution in [-0.2, 0) is 0 Å². The first-order valence-electron chi connectivity index (χ1n) is 47.8. The Kier molecular flexibility index (Phi) is 21.8. The lowest BCUT2D eigenvalue weighted by Gasteiger charge is -2.34. The Morgan fingerprint density at radius 3 is 0.448 bits per heavy atom. The minimum absolute atomic E-state index is 0.364. The quantitative estimate of drug-likeness (QED) is 0.0404. The van der Waals surface area contributed by atoms with E-state index in [0.29, 0.717) is 70.7 Å². The molecule has 0 bridgehead atoms. The fourth-order valence-corrected chi connectivity index (χ4v) is 35.3. The molecule has 0 spiro atoms. The fraction of sp³-hybridized carbons (Fsp3) is 0. The van der Waals surface area contributed by atoms with E-state index in [9.17, 15) is 0 Å². The molecule has 0 amide bonds. The van der Waals surface area contributed by atoms with Crippen LogP contribution in [0.25, 0.3) is 181 Å². The molecule has 0 saturated carbocycles. The summed E-state index contributed by atoms with van der Waals surface area (Å²) in [6, 6.07) is 169. The molecule has 145 heavy (non-hydrogen) atoms. The van der Waals surface area contributed by atoms with E-state index in [1.807, 2.05) is 121 Å². The lowest BCUT2D eigenvalue weighted by molar-refractivity contribution is 0.583. The summed E-state index contributed by atoms with van der Waals surface area (Å²) in [5.41, 5.74) is 9.57. The minimum Gasteiger partial charge on any atom is -0.416 e. The van der Waals surface area contributed by atoms with Crippen molar-refractivity contribution in [1.29, 1.82) is 0 Å². The molecule has 0 unspecified atom stereocenters. The monoisotopic (exact) mass is 1920 g/mol. The van der Waals surface area contributed by atoms with Crippen molar-refractivity contribution in [2.45, 2.75) is 0 Å². The average Bonchev–Trinajstić information content (AvgIpc) is 1.69. The van der Waals surface area contributed by atoms with E-state index in [0.717, 1.165) is 120 Å². The molecule has 6 heterocycles. The number of hydrogen-bond donors (Lipinski definition) is 0. The van der Waals surface area contributed by atoms with Crippen molar-refractivity contribution >= 4 is 130 Å². The zero-order chi connectivity index (χ0) is 96.2. The second kappa shape index (κ2) is 36.6. The van der Waals surface area contributed by atoms with Gasteiger partial charge in [-0.3, -0.25) is 0 Å². The van der Waals surface area contributed by atoms with Crippen LogP contribution in [-0.4, -0.2) is 85.4 Å². The standard InChI is InChI=1S/C124H80N12O6Si3/c1-7-33-89(34-8-1)143(90-35-9-2-10-36-90,95-65-53-83(54-66-95)113-125-131-119(137-113)107-51-27-31-81-29-19-21-45-101(81)107)97-69-57-85(58-70-97)115-127-133-121(139-115)109-77-79-111(105-49-25-23-47-103(105)109)123-135-129-117(141-123)87-61-73-99(74-62-87)145(93-41-15-5-16-42-93,94-43-17-6-18-44-94)100-75-63-88(64-76-100)118-130-136-124(142-118)112-80-78-110(104-48-24-26-50-106(104)112)122-134-128-116(140-122)86-59-71-98(72-60-86)144(91-37-11-3-12-38-91,92-39-13-4-14-40-92)96-67-55-84(56-68-96)114-126-132-120(138-114)108-52-28-32-82-30-20-22-46-102(82)108/h1-80H. The van der Waals surface area contributed by atoms with Gasteiger partial charge in [-0.2, -0.15) is 0 Å². The summed E-state index contributed by atoms with van der Waals surface area (Å²) in [7, 11) is -9.14. The highest BCUT2D eigenvalue weighted by Crippen LogP contribution is 2.41. The Morgan fingerprint density at radius 2 is 0.255 bits per heavy atom. The van der Waals surface area contributed by atoms with Crippen molar-refractivity contribution in [3.8, 4) is 137 Å². The Labute approximate surface area is 834 Å². The van der Waals surface area contributed by atoms with Gasteiger partial charge in [0.1, 0.15) is 0 Å². The first kappa shape index (κ1) is 86.3. The Morgan fingerprint density at radius 1 is 0.110 bits per heavy atom. The highest BCUT2D eigenvalue weighted by atomic mass is 28.3. The van der Waals surface area contributed by atoms with Gasteiger partial charge >= 0.3 is 0 Å². The topological polar surface area (TPSA) is 234 Å². The van der Waals surface area contributed by atoms with Gasteiger partial charge in [0, 0.05) is 66.8 Å². The molecule has 6 aromatic heterocycles. The van der Waals surface area contributed by atoms with E-state index in [-0.39, 0.29) is 0 Å². The molecule has 0 aliphatic heterocycles. The number of benzene rings is 20. The maximum Gasteiger partial charge on any atom is 0.248 e. The van der Waals surface area contributed by atoms with Crippen LogP contribution in [0.15, 0.2) is 512 Å². The third kappa shape index (κ3) is 15.2. The average molecular weight is 1920 g/mol. The van der Waals surface area contributed by atoms with E-state index in [4.69, 9.17) is 67.3 Å². The summed E-state index contributed by atoms with van der Waals surface area (Å²) in [4.78, 5) is 0. The van der Waals surface area contributed by atoms with Crippen molar-refractivity contribution in [2.24, 2.45) is 0 Å². The van der Waals surface area contributed by atoms with E-state index >= 15 is 0 Å². The molecule has 26 aromatic rings. The third-order valence-corrected chi connectivity index (χ3v) is 42.4. The summed E-state index contributed by atoms with van der Waals surface area (Å²) < 4.78 is 39.7. The van der Waals surface area contributed by atoms with Gasteiger partial charge in [0.05, 0.1) is 0 Å². The van der Waals surface area contributed by atoms with Crippen LogP contribution in [0.3, 0.4) is 0 Å². The summed E-state index contributed by atoms with van der Waals surface area (Å²) >= 11 is 0. The fourth-order valence-electron chi connectivity index (χ4n) is 21.2. The molecule has 0 N–H and O–H groups in total. The van der Waals surface area contributed by atoms with E-state index in [1.54, 1.807) is 0 Å². The molecule has 684 valence electrons. The molecule has 20 aromatic carbocycles. The lowest BCUT2D eigenvalue weighted by Crippen LogP contribution is -2.74. The molecule has 18 nitrogen and oxygen atoms in total. The first-order chi connectivity index (χ1) is 71.8. The molecule has 0 radical (unpaired) electrons. The number of rotatable bonds is 24. The molecular formula is C124H80N12O6Si3. The second-order valence-corrected chi connectivity index (χ2v) is 47.3. The molecule has 0 atom stereocenters. The van der Waals surface area contributed by atoms with Gasteiger partial charge in [0.2, 0.25) is 70.7 Å². The predicted octanol–water partition coefficient (Wildman–Crippen LogP) is 20.7. The second-order valence-electron chi connectivity index (χ2n) is 35.9. The highest BCUT2D eigenvalue weighted by Gasteiger charge is 2.45. The molecule has 21 heteroatoms. The molecule has 0 aliphatic rings. The van der Waals surface area contributed by atoms with Crippen LogP contribution < -0.4 is 62.2 Å². The molecule has 0 saturated heterocycles. The van der Waals surface area contributed by atoms with Crippen molar-refractivity contribution in [3.05, 3.63) is 485 Å². The number of hydrogen-bond acceptors (Lipinski definition) is 18. The van der Waals surface area contributed by atoms with Crippen LogP contribution >= 0.6 is 0 Å². The number of aromatic nitrogens is 12. The SMILES string of the molecule is c1ccc([Si](c2ccccc2)(c2ccc(-c3nnc(-c4cccc5ccccc45)o3)cc2)c2ccc(-c3nnc(-c4ccc(-c5nnc(-c6ccc([Si](c7ccccc7)(c7ccccc7)c7ccc(-c8nnc(-c9ccc(-c%10nnc(-c%11ccc([Si](c%12ccccc%12)(c%12ccccc%12)c%12ccc(-c%13nnc(-c%14cccc%15ccccc%14%15)o%13)cc%12)cc%11)o%10)c%10ccccc9%10)o8)cc7)cc6)o5)c5ccccc45)o3)cc2)cc1. The molecule has 0 fully saturated rings. The van der Waals surface area contributed by atoms with E-state index in [2.05, 4.69) is 384 Å². The van der Waals surface area contributed by atoms with Crippen LogP contribution in [0.2, 0.25) is 0 Å². The lowest BCUT2D eigenvalue weighted by atomic mass is 9.99. The zero-order valence-electron chi connectivity index (χ0n) is 77.5. The molecule has 26 rings (SSSR count). The van der Waals surface area contributed by atoms with Gasteiger partial charge < -0.3 is 26.5 Å². The van der Waals surface area contributed by atoms with E-state index < -0.39 is 24.2 Å². The normalized spacial score (nSPS) is 11.9. The summed E-state index contributed by atoms with van der Waals surface area (Å²) in [6.07, 6.45) is 0. The largest absolute Gasteiger partial charge is 0.416 e. The van der Waals surface area contributed by atoms with Crippen LogP contribution in [0.4, 0.5) is 0 Å². The van der Waals surface area contributed by atoms with Gasteiger partial charge in [-0.05, 0) is 215 Å². The van der Waals surface area contributed by atoms with Gasteiger partial charge in [0.15, 0.2) is 24.2 Å². The number of nitrogens with zero attached hydrogens (tertiary/aromatic N) is 12. The van der Waals surface area contributed by atoms with Crippen molar-refractivity contribution in [3.63, 3.8) is 0 Å². The Hall–Kier alpha value is -19.1. The Balaban J connectivity index is 0.459. The van der Waals surface area contributed by atoms with Crippen LogP contribution in [0.1, 0.15) is 0 Å². The zero-order valence-corrected chi connectivity index (χ0v) is 80.5. The number of fused-ring (bicyclic) bond motifs is 4. The smallest absolute Gasteiger partial charge is 0.248 e. The van der Waals surface area contributed by atoms with Gasteiger partial charge in [-0.25, -0.2) is 0 Å². The molecule has 0 aliphatic carbocycles. The van der Waals surface area contributed by atoms with Gasteiger partial charge in [0.25, 0.3) is 0 Å². The summed E-state index contributed by atoms with van der Waals surface area (Å²) in [6.45, 7) is 0. The van der Waals surface area contributed by atoms with Gasteiger partial charge in [-0.1, -0.05) is 376 Å². The van der Waals surface area contributed by atoms with Crippen molar-refractivity contribution in [2.75, 3.05) is 0 Å². The van der Waals surface area contributed by atoms with Crippen molar-refractivity contribution < 1.29 is 26.5 Å². The Bertz CT molecular complexity index is 8620.